The smallest absolute Gasteiger partial charge is 0.391 e. The van der Waals surface area contributed by atoms with E-state index in [0.717, 1.165) is 0 Å². The fourth-order valence-electron chi connectivity index (χ4n) is 2.49. The number of nitrogens with zero attached hydrogens (tertiary/aromatic N) is 1. The zero-order valence-corrected chi connectivity index (χ0v) is 11.3. The number of carbonyl (C=O) groups is 1. The number of nitrogens with two attached hydrogens (primary N) is 1. The number of hydrogen-bond acceptors (Lipinski definition) is 3. The molecule has 0 aliphatic heterocycles. The van der Waals surface area contributed by atoms with Crippen molar-refractivity contribution in [3.05, 3.63) is 0 Å². The first-order valence-electron chi connectivity index (χ1n) is 6.57. The SMILES string of the molecule is CC(CC(N)=NO)NC(=O)C1CCCC(C(F)(F)F)C1. The lowest BCUT2D eigenvalue weighted by Crippen LogP contribution is -2.42. The zero-order chi connectivity index (χ0) is 15.3. The molecule has 1 fully saturated rings. The minimum Gasteiger partial charge on any atom is -0.409 e. The van der Waals surface area contributed by atoms with Crippen molar-refractivity contribution in [2.75, 3.05) is 0 Å². The van der Waals surface area contributed by atoms with Gasteiger partial charge in [0.1, 0.15) is 5.84 Å². The van der Waals surface area contributed by atoms with Gasteiger partial charge in [0.15, 0.2) is 0 Å². The Kier molecular flexibility index (Phi) is 5.64. The van der Waals surface area contributed by atoms with Crippen LogP contribution in [0.15, 0.2) is 5.16 Å². The van der Waals surface area contributed by atoms with E-state index < -0.39 is 23.9 Å². The maximum absolute atomic E-state index is 12.7. The molecule has 4 N–H and O–H groups in total. The van der Waals surface area contributed by atoms with E-state index in [1.165, 1.54) is 0 Å². The van der Waals surface area contributed by atoms with Crippen LogP contribution in [0.4, 0.5) is 13.2 Å². The van der Waals surface area contributed by atoms with Gasteiger partial charge in [0.2, 0.25) is 5.91 Å². The Bertz CT molecular complexity index is 371. The monoisotopic (exact) mass is 295 g/mol. The lowest BCUT2D eigenvalue weighted by molar-refractivity contribution is -0.186. The maximum atomic E-state index is 12.7. The van der Waals surface area contributed by atoms with E-state index in [0.29, 0.717) is 12.8 Å². The number of amidine groups is 1. The number of hydrogen-bond donors (Lipinski definition) is 3. The standard InChI is InChI=1S/C12H20F3N3O2/c1-7(5-10(16)18-20)17-11(19)8-3-2-4-9(6-8)12(13,14)15/h7-9,20H,2-6H2,1H3,(H2,16,18)(H,17,19). The predicted octanol–water partition coefficient (Wildman–Crippen LogP) is 2.00. The second-order valence-corrected chi connectivity index (χ2v) is 5.31. The number of amides is 1. The van der Waals surface area contributed by atoms with Gasteiger partial charge in [0, 0.05) is 18.4 Å². The Morgan fingerprint density at radius 3 is 2.70 bits per heavy atom. The molecular formula is C12H20F3N3O2. The van der Waals surface area contributed by atoms with E-state index in [4.69, 9.17) is 10.9 Å². The van der Waals surface area contributed by atoms with Gasteiger partial charge in [-0.25, -0.2) is 0 Å². The van der Waals surface area contributed by atoms with Crippen molar-refractivity contribution in [3.8, 4) is 0 Å². The van der Waals surface area contributed by atoms with Crippen molar-refractivity contribution in [1.82, 2.24) is 5.32 Å². The fourth-order valence-corrected chi connectivity index (χ4v) is 2.49. The van der Waals surface area contributed by atoms with Gasteiger partial charge in [-0.05, 0) is 26.2 Å². The third-order valence-electron chi connectivity index (χ3n) is 3.54. The molecule has 0 saturated heterocycles. The highest BCUT2D eigenvalue weighted by atomic mass is 19.4. The molecule has 0 aromatic heterocycles. The maximum Gasteiger partial charge on any atom is 0.391 e. The topological polar surface area (TPSA) is 87.7 Å². The van der Waals surface area contributed by atoms with Crippen LogP contribution in [0.2, 0.25) is 0 Å². The van der Waals surface area contributed by atoms with Crippen LogP contribution in [0.25, 0.3) is 0 Å². The summed E-state index contributed by atoms with van der Waals surface area (Å²) in [5, 5.41) is 13.8. The van der Waals surface area contributed by atoms with E-state index in [1.807, 2.05) is 0 Å². The average Bonchev–Trinajstić information content (AvgIpc) is 2.37. The Morgan fingerprint density at radius 2 is 2.15 bits per heavy atom. The van der Waals surface area contributed by atoms with Gasteiger partial charge in [0.25, 0.3) is 0 Å². The molecular weight excluding hydrogens is 275 g/mol. The summed E-state index contributed by atoms with van der Waals surface area (Å²) in [6, 6.07) is -0.385. The third kappa shape index (κ3) is 4.90. The molecule has 0 aromatic carbocycles. The van der Waals surface area contributed by atoms with E-state index in [2.05, 4.69) is 10.5 Å². The Morgan fingerprint density at radius 1 is 1.50 bits per heavy atom. The zero-order valence-electron chi connectivity index (χ0n) is 11.3. The Hall–Kier alpha value is -1.47. The molecule has 3 unspecified atom stereocenters. The van der Waals surface area contributed by atoms with Crippen LogP contribution < -0.4 is 11.1 Å². The van der Waals surface area contributed by atoms with Gasteiger partial charge in [-0.1, -0.05) is 11.6 Å². The molecule has 1 aliphatic rings. The minimum atomic E-state index is -4.24. The van der Waals surface area contributed by atoms with Crippen molar-refractivity contribution < 1.29 is 23.2 Å². The number of carbonyl (C=O) groups excluding carboxylic acids is 1. The molecule has 1 amide bonds. The molecule has 1 rings (SSSR count). The summed E-state index contributed by atoms with van der Waals surface area (Å²) in [6.45, 7) is 1.65. The molecule has 20 heavy (non-hydrogen) atoms. The van der Waals surface area contributed by atoms with Crippen LogP contribution in [0.1, 0.15) is 39.0 Å². The molecule has 116 valence electrons. The molecule has 0 bridgehead atoms. The summed E-state index contributed by atoms with van der Waals surface area (Å²) in [4.78, 5) is 11.9. The second-order valence-electron chi connectivity index (χ2n) is 5.31. The summed E-state index contributed by atoms with van der Waals surface area (Å²) in [7, 11) is 0. The molecule has 0 radical (unpaired) electrons. The van der Waals surface area contributed by atoms with Crippen LogP contribution >= 0.6 is 0 Å². The third-order valence-corrected chi connectivity index (χ3v) is 3.54. The molecule has 1 saturated carbocycles. The Balaban J connectivity index is 2.51. The molecule has 1 aliphatic carbocycles. The minimum absolute atomic E-state index is 0.0328. The van der Waals surface area contributed by atoms with Gasteiger partial charge in [0.05, 0.1) is 5.92 Å². The van der Waals surface area contributed by atoms with Crippen molar-refractivity contribution in [3.63, 3.8) is 0 Å². The lowest BCUT2D eigenvalue weighted by atomic mass is 9.80. The highest BCUT2D eigenvalue weighted by Crippen LogP contribution is 2.39. The molecule has 5 nitrogen and oxygen atoms in total. The summed E-state index contributed by atoms with van der Waals surface area (Å²) < 4.78 is 38.0. The number of nitrogens with one attached hydrogen (secondary N) is 1. The van der Waals surface area contributed by atoms with Crippen molar-refractivity contribution in [1.29, 1.82) is 0 Å². The molecule has 3 atom stereocenters. The molecule has 0 heterocycles. The van der Waals surface area contributed by atoms with Crippen molar-refractivity contribution in [2.45, 2.75) is 51.2 Å². The lowest BCUT2D eigenvalue weighted by Gasteiger charge is -2.30. The highest BCUT2D eigenvalue weighted by Gasteiger charge is 2.43. The van der Waals surface area contributed by atoms with Crippen molar-refractivity contribution in [2.24, 2.45) is 22.7 Å². The van der Waals surface area contributed by atoms with E-state index in [1.54, 1.807) is 6.92 Å². The molecule has 8 heteroatoms. The number of halogens is 3. The van der Waals surface area contributed by atoms with Gasteiger partial charge in [-0.2, -0.15) is 13.2 Å². The number of oxime groups is 1. The molecule has 0 aromatic rings. The molecule has 0 spiro atoms. The largest absolute Gasteiger partial charge is 0.409 e. The van der Waals surface area contributed by atoms with E-state index in [-0.39, 0.29) is 31.1 Å². The van der Waals surface area contributed by atoms with Gasteiger partial charge in [-0.15, -0.1) is 0 Å². The number of alkyl halides is 3. The van der Waals surface area contributed by atoms with Crippen LogP contribution in [-0.2, 0) is 4.79 Å². The first-order chi connectivity index (χ1) is 9.24. The quantitative estimate of drug-likeness (QED) is 0.321. The van der Waals surface area contributed by atoms with Crippen molar-refractivity contribution >= 4 is 11.7 Å². The first-order valence-corrected chi connectivity index (χ1v) is 6.57. The first kappa shape index (κ1) is 16.6. The van der Waals surface area contributed by atoms with Crippen LogP contribution in [-0.4, -0.2) is 29.2 Å². The van der Waals surface area contributed by atoms with Gasteiger partial charge >= 0.3 is 6.18 Å². The van der Waals surface area contributed by atoms with E-state index >= 15 is 0 Å². The average molecular weight is 295 g/mol. The summed E-state index contributed by atoms with van der Waals surface area (Å²) >= 11 is 0. The van der Waals surface area contributed by atoms with Gasteiger partial charge in [-0.3, -0.25) is 4.79 Å². The normalized spacial score (nSPS) is 26.1. The second kappa shape index (κ2) is 6.81. The summed E-state index contributed by atoms with van der Waals surface area (Å²) in [6.07, 6.45) is -3.29. The summed E-state index contributed by atoms with van der Waals surface area (Å²) in [5.74, 6) is -2.44. The fraction of sp³-hybridized carbons (Fsp3) is 0.833. The van der Waals surface area contributed by atoms with E-state index in [9.17, 15) is 18.0 Å². The highest BCUT2D eigenvalue weighted by molar-refractivity contribution is 5.82. The Labute approximate surface area is 115 Å². The van der Waals surface area contributed by atoms with Crippen LogP contribution in [0.5, 0.6) is 0 Å². The number of rotatable bonds is 4. The predicted molar refractivity (Wildman–Crippen MR) is 67.1 cm³/mol. The van der Waals surface area contributed by atoms with Crippen LogP contribution in [0.3, 0.4) is 0 Å². The van der Waals surface area contributed by atoms with Crippen LogP contribution in [0, 0.1) is 11.8 Å². The van der Waals surface area contributed by atoms with Gasteiger partial charge < -0.3 is 16.3 Å². The summed E-state index contributed by atoms with van der Waals surface area (Å²) in [5.41, 5.74) is 5.31.